The van der Waals surface area contributed by atoms with E-state index in [4.69, 9.17) is 5.11 Å². The number of para-hydroxylation sites is 1. The Labute approximate surface area is 106 Å². The van der Waals surface area contributed by atoms with E-state index in [-0.39, 0.29) is 11.3 Å². The smallest absolute Gasteiger partial charge is 0.337 e. The number of barbiturate groups is 1. The zero-order chi connectivity index (χ0) is 14.0. The Morgan fingerprint density at radius 1 is 1.11 bits per heavy atom. The summed E-state index contributed by atoms with van der Waals surface area (Å²) in [5.74, 6) is -2.88. The van der Waals surface area contributed by atoms with Crippen LogP contribution in [0.25, 0.3) is 0 Å². The van der Waals surface area contributed by atoms with Crippen LogP contribution in [-0.2, 0) is 9.59 Å². The Morgan fingerprint density at radius 3 is 2.26 bits per heavy atom. The third-order valence-electron chi connectivity index (χ3n) is 2.46. The minimum absolute atomic E-state index is 0.0833. The van der Waals surface area contributed by atoms with Gasteiger partial charge in [0.15, 0.2) is 6.04 Å². The summed E-state index contributed by atoms with van der Waals surface area (Å²) in [6.45, 7) is 0. The molecule has 8 nitrogen and oxygen atoms in total. The van der Waals surface area contributed by atoms with Gasteiger partial charge in [-0.3, -0.25) is 20.2 Å². The fourth-order valence-corrected chi connectivity index (χ4v) is 1.60. The lowest BCUT2D eigenvalue weighted by Gasteiger charge is -2.22. The van der Waals surface area contributed by atoms with Crippen LogP contribution in [0.5, 0.6) is 0 Å². The number of carboxylic acids is 1. The molecule has 1 aromatic carbocycles. The molecule has 4 amide bonds. The van der Waals surface area contributed by atoms with Crippen molar-refractivity contribution in [3.05, 3.63) is 29.8 Å². The number of imide groups is 2. The van der Waals surface area contributed by atoms with Gasteiger partial charge >= 0.3 is 12.0 Å². The minimum atomic E-state index is -1.36. The van der Waals surface area contributed by atoms with Crippen molar-refractivity contribution >= 4 is 29.5 Å². The maximum atomic E-state index is 11.5. The summed E-state index contributed by atoms with van der Waals surface area (Å²) >= 11 is 0. The Kier molecular flexibility index (Phi) is 3.15. The van der Waals surface area contributed by atoms with Gasteiger partial charge in [0, 0.05) is 5.69 Å². The second-order valence-corrected chi connectivity index (χ2v) is 3.74. The lowest BCUT2D eigenvalue weighted by Crippen LogP contribution is -2.61. The van der Waals surface area contributed by atoms with Gasteiger partial charge in [0.05, 0.1) is 5.56 Å². The molecule has 1 heterocycles. The van der Waals surface area contributed by atoms with Crippen LogP contribution >= 0.6 is 0 Å². The molecule has 2 rings (SSSR count). The molecule has 0 unspecified atom stereocenters. The molecular weight excluding hydrogens is 254 g/mol. The average Bonchev–Trinajstić information content (AvgIpc) is 2.34. The van der Waals surface area contributed by atoms with E-state index in [0.29, 0.717) is 0 Å². The number of carbonyl (C=O) groups excluding carboxylic acids is 3. The fourth-order valence-electron chi connectivity index (χ4n) is 1.60. The SMILES string of the molecule is O=C1NC(=O)C(Nc2ccccc2C(=O)O)C(=O)N1. The Hall–Kier alpha value is -2.90. The molecule has 1 aromatic rings. The number of hydrogen-bond donors (Lipinski definition) is 4. The highest BCUT2D eigenvalue weighted by molar-refractivity contribution is 6.20. The molecule has 0 saturated carbocycles. The van der Waals surface area contributed by atoms with Gasteiger partial charge in [-0.05, 0) is 12.1 Å². The summed E-state index contributed by atoms with van der Waals surface area (Å²) < 4.78 is 0. The molecule has 1 saturated heterocycles. The van der Waals surface area contributed by atoms with Crippen molar-refractivity contribution in [3.63, 3.8) is 0 Å². The summed E-state index contributed by atoms with van der Waals surface area (Å²) in [6.07, 6.45) is 0. The molecule has 98 valence electrons. The number of rotatable bonds is 3. The van der Waals surface area contributed by atoms with Crippen molar-refractivity contribution in [2.24, 2.45) is 0 Å². The number of nitrogens with one attached hydrogen (secondary N) is 3. The summed E-state index contributed by atoms with van der Waals surface area (Å²) in [5, 5.41) is 15.3. The first-order valence-corrected chi connectivity index (χ1v) is 5.23. The van der Waals surface area contributed by atoms with Gasteiger partial charge in [-0.2, -0.15) is 0 Å². The summed E-state index contributed by atoms with van der Waals surface area (Å²) in [4.78, 5) is 44.9. The molecule has 0 aromatic heterocycles. The van der Waals surface area contributed by atoms with Gasteiger partial charge in [0.2, 0.25) is 0 Å². The summed E-state index contributed by atoms with van der Waals surface area (Å²) in [7, 11) is 0. The summed E-state index contributed by atoms with van der Waals surface area (Å²) in [5.41, 5.74) is 0.0275. The molecule has 0 atom stereocenters. The van der Waals surface area contributed by atoms with Crippen molar-refractivity contribution in [2.45, 2.75) is 6.04 Å². The molecule has 19 heavy (non-hydrogen) atoms. The van der Waals surface area contributed by atoms with E-state index in [1.54, 1.807) is 6.07 Å². The van der Waals surface area contributed by atoms with Crippen LogP contribution in [0.4, 0.5) is 10.5 Å². The molecule has 0 radical (unpaired) electrons. The molecule has 1 aliphatic rings. The number of anilines is 1. The standard InChI is InChI=1S/C11H9N3O5/c15-8-7(9(16)14-11(19)13-8)12-6-4-2-1-3-5(6)10(17)18/h1-4,7,12H,(H,17,18)(H2,13,14,15,16,19). The third kappa shape index (κ3) is 2.51. The van der Waals surface area contributed by atoms with Gasteiger partial charge < -0.3 is 10.4 Å². The number of carbonyl (C=O) groups is 4. The van der Waals surface area contributed by atoms with Crippen LogP contribution < -0.4 is 16.0 Å². The van der Waals surface area contributed by atoms with Crippen molar-refractivity contribution < 1.29 is 24.3 Å². The minimum Gasteiger partial charge on any atom is -0.478 e. The highest BCUT2D eigenvalue weighted by Gasteiger charge is 2.34. The first-order chi connectivity index (χ1) is 8.99. The van der Waals surface area contributed by atoms with Gasteiger partial charge in [-0.1, -0.05) is 12.1 Å². The quantitative estimate of drug-likeness (QED) is 0.546. The largest absolute Gasteiger partial charge is 0.478 e. The van der Waals surface area contributed by atoms with Gasteiger partial charge in [0.1, 0.15) is 0 Å². The second kappa shape index (κ2) is 4.77. The molecule has 0 aliphatic carbocycles. The number of benzene rings is 1. The van der Waals surface area contributed by atoms with Crippen LogP contribution in [-0.4, -0.2) is 35.0 Å². The molecule has 4 N–H and O–H groups in total. The lowest BCUT2D eigenvalue weighted by atomic mass is 10.1. The number of aromatic carboxylic acids is 1. The normalized spacial score (nSPS) is 15.7. The number of hydrogen-bond acceptors (Lipinski definition) is 5. The van der Waals surface area contributed by atoms with E-state index in [9.17, 15) is 19.2 Å². The van der Waals surface area contributed by atoms with E-state index >= 15 is 0 Å². The number of carboxylic acid groups (broad SMARTS) is 1. The van der Waals surface area contributed by atoms with Crippen molar-refractivity contribution in [1.29, 1.82) is 0 Å². The zero-order valence-corrected chi connectivity index (χ0v) is 9.47. The van der Waals surface area contributed by atoms with Crippen molar-refractivity contribution in [1.82, 2.24) is 10.6 Å². The Morgan fingerprint density at radius 2 is 1.68 bits per heavy atom. The van der Waals surface area contributed by atoms with Gasteiger partial charge in [-0.15, -0.1) is 0 Å². The number of amides is 4. The third-order valence-corrected chi connectivity index (χ3v) is 2.46. The monoisotopic (exact) mass is 263 g/mol. The molecular formula is C11H9N3O5. The van der Waals surface area contributed by atoms with E-state index in [2.05, 4.69) is 5.32 Å². The zero-order valence-electron chi connectivity index (χ0n) is 9.47. The maximum absolute atomic E-state index is 11.5. The highest BCUT2D eigenvalue weighted by Crippen LogP contribution is 2.16. The van der Waals surface area contributed by atoms with Crippen LogP contribution in [0, 0.1) is 0 Å². The summed E-state index contributed by atoms with van der Waals surface area (Å²) in [6, 6.07) is 3.55. The van der Waals surface area contributed by atoms with Crippen LogP contribution in [0.1, 0.15) is 10.4 Å². The number of urea groups is 1. The first kappa shape index (κ1) is 12.6. The molecule has 1 aliphatic heterocycles. The van der Waals surface area contributed by atoms with E-state index in [1.165, 1.54) is 18.2 Å². The predicted octanol–water partition coefficient (Wildman–Crippen LogP) is -0.469. The van der Waals surface area contributed by atoms with E-state index in [0.717, 1.165) is 0 Å². The molecule has 1 fully saturated rings. The Bertz CT molecular complexity index is 563. The first-order valence-electron chi connectivity index (χ1n) is 5.23. The average molecular weight is 263 g/mol. The van der Waals surface area contributed by atoms with Crippen molar-refractivity contribution in [2.75, 3.05) is 5.32 Å². The fraction of sp³-hybridized carbons (Fsp3) is 0.0909. The lowest BCUT2D eigenvalue weighted by molar-refractivity contribution is -0.130. The molecule has 0 spiro atoms. The maximum Gasteiger partial charge on any atom is 0.337 e. The van der Waals surface area contributed by atoms with Crippen molar-refractivity contribution in [3.8, 4) is 0 Å². The van der Waals surface area contributed by atoms with Crippen LogP contribution in [0.15, 0.2) is 24.3 Å². The van der Waals surface area contributed by atoms with Crippen LogP contribution in [0.2, 0.25) is 0 Å². The predicted molar refractivity (Wildman–Crippen MR) is 62.5 cm³/mol. The molecule has 0 bridgehead atoms. The van der Waals surface area contributed by atoms with Gasteiger partial charge in [-0.25, -0.2) is 9.59 Å². The Balaban J connectivity index is 2.26. The van der Waals surface area contributed by atoms with Gasteiger partial charge in [0.25, 0.3) is 11.8 Å². The van der Waals surface area contributed by atoms with E-state index < -0.39 is 29.9 Å². The highest BCUT2D eigenvalue weighted by atomic mass is 16.4. The van der Waals surface area contributed by atoms with E-state index in [1.807, 2.05) is 10.6 Å². The van der Waals surface area contributed by atoms with Crippen LogP contribution in [0.3, 0.4) is 0 Å². The second-order valence-electron chi connectivity index (χ2n) is 3.74. The molecule has 8 heteroatoms. The topological polar surface area (TPSA) is 125 Å².